The molecule has 0 aromatic heterocycles. The Hall–Kier alpha value is -2.91. The molecule has 2 fully saturated rings. The molecule has 2 atom stereocenters. The first kappa shape index (κ1) is 30.1. The molecule has 0 aliphatic carbocycles. The molecule has 2 amide bonds. The van der Waals surface area contributed by atoms with E-state index in [1.54, 1.807) is 28.8 Å². The Labute approximate surface area is 242 Å². The summed E-state index contributed by atoms with van der Waals surface area (Å²) in [4.78, 5) is 31.9. The van der Waals surface area contributed by atoms with Crippen LogP contribution in [-0.2, 0) is 11.3 Å². The van der Waals surface area contributed by atoms with Gasteiger partial charge < -0.3 is 24.4 Å². The van der Waals surface area contributed by atoms with Crippen molar-refractivity contribution in [1.82, 2.24) is 15.1 Å². The maximum absolute atomic E-state index is 14.0. The van der Waals surface area contributed by atoms with Crippen LogP contribution < -0.4 is 19.5 Å². The lowest BCUT2D eigenvalue weighted by atomic mass is 10.0. The van der Waals surface area contributed by atoms with Gasteiger partial charge in [0.1, 0.15) is 6.04 Å². The highest BCUT2D eigenvalue weighted by Gasteiger charge is 2.42. The highest BCUT2D eigenvalue weighted by molar-refractivity contribution is 8.00. The van der Waals surface area contributed by atoms with Gasteiger partial charge in [0.15, 0.2) is 11.5 Å². The van der Waals surface area contributed by atoms with Gasteiger partial charge in [0.2, 0.25) is 11.7 Å². The van der Waals surface area contributed by atoms with Crippen molar-refractivity contribution in [3.05, 3.63) is 53.6 Å². The fourth-order valence-corrected chi connectivity index (χ4v) is 7.01. The molecule has 0 spiro atoms. The summed E-state index contributed by atoms with van der Waals surface area (Å²) in [5.74, 6) is 1.61. The van der Waals surface area contributed by atoms with E-state index in [9.17, 15) is 9.59 Å². The van der Waals surface area contributed by atoms with E-state index in [4.69, 9.17) is 14.2 Å². The number of amides is 2. The molecule has 2 aromatic carbocycles. The predicted octanol–water partition coefficient (Wildman–Crippen LogP) is 4.96. The largest absolute Gasteiger partial charge is 0.493 e. The first-order chi connectivity index (χ1) is 19.5. The third-order valence-corrected chi connectivity index (χ3v) is 9.13. The molecule has 0 radical (unpaired) electrons. The van der Waals surface area contributed by atoms with Crippen LogP contribution in [0.2, 0.25) is 0 Å². The monoisotopic (exact) mass is 569 g/mol. The molecule has 2 unspecified atom stereocenters. The van der Waals surface area contributed by atoms with Crippen LogP contribution >= 0.6 is 11.8 Å². The van der Waals surface area contributed by atoms with Crippen molar-refractivity contribution in [2.24, 2.45) is 0 Å². The van der Waals surface area contributed by atoms with Gasteiger partial charge in [0.05, 0.1) is 26.7 Å². The predicted molar refractivity (Wildman–Crippen MR) is 159 cm³/mol. The van der Waals surface area contributed by atoms with Gasteiger partial charge in [-0.2, -0.15) is 0 Å². The molecular weight excluding hydrogens is 526 g/mol. The normalized spacial score (nSPS) is 19.9. The molecule has 2 heterocycles. The first-order valence-corrected chi connectivity index (χ1v) is 15.3. The van der Waals surface area contributed by atoms with Crippen LogP contribution in [0, 0.1) is 0 Å². The summed E-state index contributed by atoms with van der Waals surface area (Å²) in [6.45, 7) is 4.97. The minimum absolute atomic E-state index is 0.0541. The van der Waals surface area contributed by atoms with Crippen LogP contribution in [0.1, 0.15) is 61.4 Å². The highest BCUT2D eigenvalue weighted by Crippen LogP contribution is 2.40. The molecule has 2 saturated heterocycles. The minimum Gasteiger partial charge on any atom is -0.493 e. The van der Waals surface area contributed by atoms with Crippen LogP contribution in [0.25, 0.3) is 0 Å². The van der Waals surface area contributed by atoms with Gasteiger partial charge in [-0.25, -0.2) is 0 Å². The summed E-state index contributed by atoms with van der Waals surface area (Å²) in [7, 11) is 4.60. The standard InChI is InChI=1S/C31H43N3O5S/c1-5-6-8-13-28-34(31(36)23-18-26(37-2)29(39-4)27(19-23)38-3)25(21-40-28)30(35)32-24-14-16-33(17-15-24)20-22-11-9-7-10-12-22/h7,9-12,18-19,24-25,28H,5-6,8,13-17,20-21H2,1-4H3,(H,32,35). The molecule has 1 N–H and O–H groups in total. The van der Waals surface area contributed by atoms with Crippen molar-refractivity contribution in [1.29, 1.82) is 0 Å². The summed E-state index contributed by atoms with van der Waals surface area (Å²) in [5, 5.41) is 3.24. The number of thioether (sulfide) groups is 1. The highest BCUT2D eigenvalue weighted by atomic mass is 32.2. The van der Waals surface area contributed by atoms with Gasteiger partial charge in [0, 0.05) is 37.0 Å². The maximum Gasteiger partial charge on any atom is 0.255 e. The smallest absolute Gasteiger partial charge is 0.255 e. The van der Waals surface area contributed by atoms with E-state index in [0.717, 1.165) is 58.2 Å². The summed E-state index contributed by atoms with van der Waals surface area (Å²) >= 11 is 1.70. The number of rotatable bonds is 12. The first-order valence-electron chi connectivity index (χ1n) is 14.3. The Morgan fingerprint density at radius 3 is 2.25 bits per heavy atom. The third-order valence-electron chi connectivity index (χ3n) is 7.78. The third kappa shape index (κ3) is 7.23. The van der Waals surface area contributed by atoms with Crippen molar-refractivity contribution < 1.29 is 23.8 Å². The van der Waals surface area contributed by atoms with E-state index in [1.165, 1.54) is 26.9 Å². The number of carbonyl (C=O) groups is 2. The number of carbonyl (C=O) groups excluding carboxylic acids is 2. The fourth-order valence-electron chi connectivity index (χ4n) is 5.56. The number of hydrogen-bond acceptors (Lipinski definition) is 7. The molecule has 218 valence electrons. The molecule has 2 aliphatic heterocycles. The van der Waals surface area contributed by atoms with Crippen molar-refractivity contribution in [2.75, 3.05) is 40.2 Å². The summed E-state index contributed by atoms with van der Waals surface area (Å²) in [6.07, 6.45) is 5.88. The Morgan fingerprint density at radius 1 is 0.975 bits per heavy atom. The van der Waals surface area contributed by atoms with Gasteiger partial charge in [0.25, 0.3) is 5.91 Å². The second-order valence-electron chi connectivity index (χ2n) is 10.5. The summed E-state index contributed by atoms with van der Waals surface area (Å²) in [5.41, 5.74) is 1.73. The zero-order valence-corrected chi connectivity index (χ0v) is 25.0. The van der Waals surface area contributed by atoms with Gasteiger partial charge in [-0.1, -0.05) is 56.5 Å². The molecule has 40 heavy (non-hydrogen) atoms. The van der Waals surface area contributed by atoms with Crippen LogP contribution in [-0.4, -0.2) is 79.2 Å². The molecule has 9 heteroatoms. The number of hydrogen-bond donors (Lipinski definition) is 1. The fraction of sp³-hybridized carbons (Fsp3) is 0.548. The van der Waals surface area contributed by atoms with Gasteiger partial charge in [-0.05, 0) is 37.0 Å². The average Bonchev–Trinajstić information content (AvgIpc) is 3.41. The summed E-state index contributed by atoms with van der Waals surface area (Å²) in [6, 6.07) is 13.4. The van der Waals surface area contributed by atoms with E-state index in [-0.39, 0.29) is 23.2 Å². The SMILES string of the molecule is CCCCCC1SCC(C(=O)NC2CCN(Cc3ccccc3)CC2)N1C(=O)c1cc(OC)c(OC)c(OC)c1. The lowest BCUT2D eigenvalue weighted by molar-refractivity contribution is -0.125. The molecule has 2 aromatic rings. The molecule has 0 bridgehead atoms. The number of benzene rings is 2. The lowest BCUT2D eigenvalue weighted by Crippen LogP contribution is -2.53. The molecular formula is C31H43N3O5S. The van der Waals surface area contributed by atoms with Crippen molar-refractivity contribution >= 4 is 23.6 Å². The number of piperidine rings is 1. The zero-order chi connectivity index (χ0) is 28.5. The maximum atomic E-state index is 14.0. The van der Waals surface area contributed by atoms with Gasteiger partial charge in [-0.3, -0.25) is 14.5 Å². The van der Waals surface area contributed by atoms with Gasteiger partial charge in [-0.15, -0.1) is 11.8 Å². The number of nitrogens with zero attached hydrogens (tertiary/aromatic N) is 2. The second-order valence-corrected chi connectivity index (χ2v) is 11.7. The number of unbranched alkanes of at least 4 members (excludes halogenated alkanes) is 2. The van der Waals surface area contributed by atoms with Crippen LogP contribution in [0.4, 0.5) is 0 Å². The van der Waals surface area contributed by atoms with Crippen molar-refractivity contribution in [2.45, 2.75) is 69.5 Å². The Kier molecular flexibility index (Phi) is 11.0. The molecule has 8 nitrogen and oxygen atoms in total. The van der Waals surface area contributed by atoms with Gasteiger partial charge >= 0.3 is 0 Å². The summed E-state index contributed by atoms with van der Waals surface area (Å²) < 4.78 is 16.4. The average molecular weight is 570 g/mol. The van der Waals surface area contributed by atoms with Crippen LogP contribution in [0.5, 0.6) is 17.2 Å². The van der Waals surface area contributed by atoms with Crippen LogP contribution in [0.3, 0.4) is 0 Å². The van der Waals surface area contributed by atoms with E-state index in [1.807, 2.05) is 6.07 Å². The van der Waals surface area contributed by atoms with E-state index in [2.05, 4.69) is 41.4 Å². The lowest BCUT2D eigenvalue weighted by Gasteiger charge is -2.34. The topological polar surface area (TPSA) is 80.3 Å². The van der Waals surface area contributed by atoms with E-state index < -0.39 is 6.04 Å². The molecule has 2 aliphatic rings. The molecule has 4 rings (SSSR count). The second kappa shape index (κ2) is 14.6. The van der Waals surface area contributed by atoms with E-state index >= 15 is 0 Å². The zero-order valence-electron chi connectivity index (χ0n) is 24.2. The minimum atomic E-state index is -0.523. The van der Waals surface area contributed by atoms with Crippen molar-refractivity contribution in [3.63, 3.8) is 0 Å². The number of nitrogens with one attached hydrogen (secondary N) is 1. The van der Waals surface area contributed by atoms with Crippen LogP contribution in [0.15, 0.2) is 42.5 Å². The van der Waals surface area contributed by atoms with Crippen molar-refractivity contribution in [3.8, 4) is 17.2 Å². The quantitative estimate of drug-likeness (QED) is 0.362. The number of ether oxygens (including phenoxy) is 3. The molecule has 0 saturated carbocycles. The number of methoxy groups -OCH3 is 3. The van der Waals surface area contributed by atoms with E-state index in [0.29, 0.717) is 28.6 Å². The number of likely N-dealkylation sites (tertiary alicyclic amines) is 1. The Morgan fingerprint density at radius 2 is 1.65 bits per heavy atom. The Bertz CT molecular complexity index is 1100. The Balaban J connectivity index is 1.46.